The van der Waals surface area contributed by atoms with E-state index >= 15 is 0 Å². The minimum Gasteiger partial charge on any atom is -0.486 e. The number of nitrogens with zero attached hydrogens (tertiary/aromatic N) is 1. The standard InChI is InChI=1S/C29H29NO3/c31-26-18-29(33-28-24-8-4-3-6-21(24)11-12-25(26)28)13-15-30(16-14-29)19-27(32)23-10-9-20-5-1-2-7-22(20)17-23/h1-12,17,26-27,31-32H,13-16,18-19H2/t26-,27+/m1/s1. The van der Waals surface area contributed by atoms with Crippen LogP contribution in [-0.2, 0) is 0 Å². The minimum absolute atomic E-state index is 0.346. The predicted octanol–water partition coefficient (Wildman–Crippen LogP) is 5.38. The van der Waals surface area contributed by atoms with Crippen LogP contribution in [0.1, 0.15) is 42.6 Å². The normalized spacial score (nSPS) is 21.1. The fraction of sp³-hybridized carbons (Fsp3) is 0.310. The highest BCUT2D eigenvalue weighted by Gasteiger charge is 2.43. The summed E-state index contributed by atoms with van der Waals surface area (Å²) in [6.07, 6.45) is 1.28. The largest absolute Gasteiger partial charge is 0.486 e. The molecule has 6 rings (SSSR count). The lowest BCUT2D eigenvalue weighted by Gasteiger charge is -2.46. The first-order chi connectivity index (χ1) is 16.1. The molecule has 1 fully saturated rings. The van der Waals surface area contributed by atoms with E-state index in [9.17, 15) is 10.2 Å². The Labute approximate surface area is 194 Å². The van der Waals surface area contributed by atoms with Crippen LogP contribution in [0.3, 0.4) is 0 Å². The lowest BCUT2D eigenvalue weighted by Crippen LogP contribution is -2.51. The Morgan fingerprint density at radius 3 is 2.39 bits per heavy atom. The van der Waals surface area contributed by atoms with E-state index in [4.69, 9.17) is 4.74 Å². The average Bonchev–Trinajstić information content (AvgIpc) is 2.85. The molecule has 2 atom stereocenters. The van der Waals surface area contributed by atoms with Crippen LogP contribution in [0, 0.1) is 0 Å². The number of β-amino-alcohol motifs (C(OH)–C–C–N with tert-alkyl or cyclic N) is 1. The van der Waals surface area contributed by atoms with E-state index in [0.29, 0.717) is 13.0 Å². The zero-order chi connectivity index (χ0) is 22.4. The molecule has 0 unspecified atom stereocenters. The molecule has 33 heavy (non-hydrogen) atoms. The summed E-state index contributed by atoms with van der Waals surface area (Å²) in [4.78, 5) is 2.32. The maximum atomic E-state index is 11.0. The summed E-state index contributed by atoms with van der Waals surface area (Å²) in [5.41, 5.74) is 1.51. The van der Waals surface area contributed by atoms with Crippen molar-refractivity contribution in [2.45, 2.75) is 37.1 Å². The third-order valence-electron chi connectivity index (χ3n) is 7.51. The van der Waals surface area contributed by atoms with Gasteiger partial charge in [0.05, 0.1) is 12.2 Å². The Balaban J connectivity index is 1.17. The first-order valence-electron chi connectivity index (χ1n) is 11.9. The van der Waals surface area contributed by atoms with Gasteiger partial charge < -0.3 is 19.8 Å². The molecule has 0 saturated carbocycles. The molecule has 4 nitrogen and oxygen atoms in total. The SMILES string of the molecule is O[C@@H]1CC2(CCN(C[C@H](O)c3ccc4ccccc4c3)CC2)Oc2c1ccc1ccccc21. The van der Waals surface area contributed by atoms with E-state index in [0.717, 1.165) is 59.0 Å². The molecule has 0 amide bonds. The van der Waals surface area contributed by atoms with Gasteiger partial charge in [-0.3, -0.25) is 0 Å². The van der Waals surface area contributed by atoms with Crippen molar-refractivity contribution in [3.8, 4) is 5.75 Å². The number of fused-ring (bicyclic) bond motifs is 4. The van der Waals surface area contributed by atoms with Crippen molar-refractivity contribution < 1.29 is 14.9 Å². The molecule has 2 aliphatic heterocycles. The van der Waals surface area contributed by atoms with Crippen molar-refractivity contribution in [3.63, 3.8) is 0 Å². The number of aliphatic hydroxyl groups excluding tert-OH is 2. The molecule has 2 aliphatic rings. The molecule has 1 spiro atoms. The summed E-state index contributed by atoms with van der Waals surface area (Å²) in [5.74, 6) is 0.844. The van der Waals surface area contributed by atoms with E-state index in [1.54, 1.807) is 0 Å². The van der Waals surface area contributed by atoms with E-state index in [1.807, 2.05) is 36.4 Å². The Morgan fingerprint density at radius 1 is 0.879 bits per heavy atom. The highest BCUT2D eigenvalue weighted by molar-refractivity contribution is 5.90. The van der Waals surface area contributed by atoms with Crippen molar-refractivity contribution in [2.24, 2.45) is 0 Å². The van der Waals surface area contributed by atoms with E-state index in [-0.39, 0.29) is 5.60 Å². The van der Waals surface area contributed by atoms with Crippen molar-refractivity contribution >= 4 is 21.5 Å². The van der Waals surface area contributed by atoms with Crippen LogP contribution in [0.4, 0.5) is 0 Å². The van der Waals surface area contributed by atoms with E-state index in [1.165, 1.54) is 5.39 Å². The molecule has 2 heterocycles. The van der Waals surface area contributed by atoms with Crippen LogP contribution in [0.25, 0.3) is 21.5 Å². The Kier molecular flexibility index (Phi) is 5.10. The van der Waals surface area contributed by atoms with Crippen molar-refractivity contribution in [1.82, 2.24) is 4.90 Å². The van der Waals surface area contributed by atoms with Gasteiger partial charge in [0.15, 0.2) is 0 Å². The molecule has 0 bridgehead atoms. The lowest BCUT2D eigenvalue weighted by atomic mass is 9.81. The third-order valence-corrected chi connectivity index (χ3v) is 7.51. The number of rotatable bonds is 3. The number of hydrogen-bond donors (Lipinski definition) is 2. The molecule has 4 aromatic carbocycles. The van der Waals surface area contributed by atoms with Crippen LogP contribution in [0.15, 0.2) is 78.9 Å². The highest BCUT2D eigenvalue weighted by Crippen LogP contribution is 2.47. The van der Waals surface area contributed by atoms with Gasteiger partial charge >= 0.3 is 0 Å². The number of benzene rings is 4. The highest BCUT2D eigenvalue weighted by atomic mass is 16.5. The van der Waals surface area contributed by atoms with Gasteiger partial charge in [-0.1, -0.05) is 72.8 Å². The predicted molar refractivity (Wildman–Crippen MR) is 131 cm³/mol. The fourth-order valence-electron chi connectivity index (χ4n) is 5.57. The van der Waals surface area contributed by atoms with Gasteiger partial charge in [-0.05, 0) is 40.6 Å². The minimum atomic E-state index is -0.522. The zero-order valence-corrected chi connectivity index (χ0v) is 18.7. The maximum Gasteiger partial charge on any atom is 0.133 e. The number of aliphatic hydroxyl groups is 2. The molecule has 4 aromatic rings. The third kappa shape index (κ3) is 3.78. The van der Waals surface area contributed by atoms with Crippen LogP contribution in [-0.4, -0.2) is 40.3 Å². The molecule has 0 radical (unpaired) electrons. The number of likely N-dealkylation sites (tertiary alicyclic amines) is 1. The quantitative estimate of drug-likeness (QED) is 0.450. The molecule has 0 aromatic heterocycles. The second-order valence-corrected chi connectivity index (χ2v) is 9.63. The van der Waals surface area contributed by atoms with E-state index in [2.05, 4.69) is 47.4 Å². The van der Waals surface area contributed by atoms with Gasteiger partial charge in [0.2, 0.25) is 0 Å². The van der Waals surface area contributed by atoms with E-state index < -0.39 is 12.2 Å². The molecule has 2 N–H and O–H groups in total. The Morgan fingerprint density at radius 2 is 1.58 bits per heavy atom. The summed E-state index contributed by atoms with van der Waals surface area (Å²) in [7, 11) is 0. The van der Waals surface area contributed by atoms with Crippen LogP contribution >= 0.6 is 0 Å². The maximum absolute atomic E-state index is 11.0. The Hall–Kier alpha value is -2.92. The Bertz CT molecular complexity index is 1310. The van der Waals surface area contributed by atoms with Gasteiger partial charge in [-0.25, -0.2) is 0 Å². The summed E-state index contributed by atoms with van der Waals surface area (Å²) in [6, 6.07) is 26.7. The first kappa shape index (κ1) is 20.7. The first-order valence-corrected chi connectivity index (χ1v) is 11.9. The van der Waals surface area contributed by atoms with Gasteiger partial charge in [0, 0.05) is 37.0 Å². The van der Waals surface area contributed by atoms with Crippen LogP contribution in [0.2, 0.25) is 0 Å². The number of piperidine rings is 1. The van der Waals surface area contributed by atoms with Crippen molar-refractivity contribution in [3.05, 3.63) is 90.0 Å². The second kappa shape index (κ2) is 8.14. The summed E-state index contributed by atoms with van der Waals surface area (Å²) in [6.45, 7) is 2.30. The fourth-order valence-corrected chi connectivity index (χ4v) is 5.57. The average molecular weight is 440 g/mol. The van der Waals surface area contributed by atoms with Crippen molar-refractivity contribution in [2.75, 3.05) is 19.6 Å². The van der Waals surface area contributed by atoms with Crippen LogP contribution < -0.4 is 4.74 Å². The molecular formula is C29H29NO3. The smallest absolute Gasteiger partial charge is 0.133 e. The van der Waals surface area contributed by atoms with Gasteiger partial charge in [0.1, 0.15) is 11.4 Å². The summed E-state index contributed by atoms with van der Waals surface area (Å²) in [5, 5.41) is 26.4. The van der Waals surface area contributed by atoms with Gasteiger partial charge in [0.25, 0.3) is 0 Å². The number of ether oxygens (including phenoxy) is 1. The zero-order valence-electron chi connectivity index (χ0n) is 18.7. The van der Waals surface area contributed by atoms with Crippen molar-refractivity contribution in [1.29, 1.82) is 0 Å². The van der Waals surface area contributed by atoms with Crippen LogP contribution in [0.5, 0.6) is 5.75 Å². The molecule has 4 heteroatoms. The molecule has 1 saturated heterocycles. The van der Waals surface area contributed by atoms with Gasteiger partial charge in [-0.15, -0.1) is 0 Å². The summed E-state index contributed by atoms with van der Waals surface area (Å²) < 4.78 is 6.68. The lowest BCUT2D eigenvalue weighted by molar-refractivity contribution is -0.0577. The molecule has 0 aliphatic carbocycles. The second-order valence-electron chi connectivity index (χ2n) is 9.63. The number of hydrogen-bond acceptors (Lipinski definition) is 4. The molecular weight excluding hydrogens is 410 g/mol. The monoisotopic (exact) mass is 439 g/mol. The van der Waals surface area contributed by atoms with Gasteiger partial charge in [-0.2, -0.15) is 0 Å². The molecule has 168 valence electrons. The summed E-state index contributed by atoms with van der Waals surface area (Å²) >= 11 is 0. The topological polar surface area (TPSA) is 52.9 Å².